The fourth-order valence-corrected chi connectivity index (χ4v) is 8.74. The zero-order valence-electron chi connectivity index (χ0n) is 37.7. The smallest absolute Gasteiger partial charge is 0.145 e. The van der Waals surface area contributed by atoms with Gasteiger partial charge in [-0.1, -0.05) is 219 Å². The molecule has 0 bridgehead atoms. The van der Waals surface area contributed by atoms with Crippen LogP contribution < -0.4 is 5.32 Å². The normalized spacial score (nSPS) is 15.8. The standard InChI is InChI=1S/C63H58N2/c1-4-6-7-17-37-53(42-49-29-15-9-16-30-49)62(59(51-33-20-11-21-34-51)41-40-48-27-13-8-14-28-48)55-43-54(58-39-25-24-38-57(58)50-31-18-10-19-32-50)44-56(45-55)63-64-60(47(3)26-5-2)46-61(65-63)52-35-22-12-23-36-52/h4-7,9-13,15-36,38-39,41,43-46,63,65H,2,8,14,37,40,42H2,1,3H3/b6-4-,17-7-,47-26+,59-41-,62-53-. The van der Waals surface area contributed by atoms with Crippen LogP contribution in [0, 0.1) is 0 Å². The Labute approximate surface area is 387 Å². The number of hydrogen-bond acceptors (Lipinski definition) is 2. The van der Waals surface area contributed by atoms with Gasteiger partial charge in [-0.3, -0.25) is 4.99 Å². The molecule has 0 aromatic heterocycles. The van der Waals surface area contributed by atoms with Gasteiger partial charge in [0.15, 0.2) is 0 Å². The lowest BCUT2D eigenvalue weighted by molar-refractivity contribution is 0.664. The minimum atomic E-state index is -0.379. The Morgan fingerprint density at radius 3 is 2.05 bits per heavy atom. The van der Waals surface area contributed by atoms with Crippen LogP contribution in [0.2, 0.25) is 0 Å². The first-order chi connectivity index (χ1) is 32.1. The molecule has 2 heteroatoms. The van der Waals surface area contributed by atoms with E-state index in [1.807, 2.05) is 12.2 Å². The van der Waals surface area contributed by atoms with E-state index in [2.05, 4.69) is 244 Å². The molecule has 1 unspecified atom stereocenters. The van der Waals surface area contributed by atoms with E-state index in [1.54, 1.807) is 0 Å². The van der Waals surface area contributed by atoms with Crippen molar-refractivity contribution in [2.75, 3.05) is 0 Å². The highest BCUT2D eigenvalue weighted by Gasteiger charge is 2.24. The van der Waals surface area contributed by atoms with Crippen molar-refractivity contribution in [2.24, 2.45) is 4.99 Å². The summed E-state index contributed by atoms with van der Waals surface area (Å²) in [6.07, 6.45) is 28.4. The maximum Gasteiger partial charge on any atom is 0.145 e. The number of rotatable bonds is 16. The second kappa shape index (κ2) is 22.2. The second-order valence-electron chi connectivity index (χ2n) is 16.6. The van der Waals surface area contributed by atoms with Crippen LogP contribution in [-0.2, 0) is 6.42 Å². The van der Waals surface area contributed by atoms with Gasteiger partial charge in [0.2, 0.25) is 0 Å². The molecular weight excluding hydrogens is 785 g/mol. The van der Waals surface area contributed by atoms with Gasteiger partial charge < -0.3 is 5.32 Å². The summed E-state index contributed by atoms with van der Waals surface area (Å²) in [4.78, 5) is 5.49. The van der Waals surface area contributed by atoms with Crippen molar-refractivity contribution in [2.45, 2.75) is 52.1 Å². The third-order valence-electron chi connectivity index (χ3n) is 12.0. The average molecular weight is 843 g/mol. The third kappa shape index (κ3) is 11.3. The van der Waals surface area contributed by atoms with Gasteiger partial charge >= 0.3 is 0 Å². The van der Waals surface area contributed by atoms with Crippen molar-refractivity contribution in [1.82, 2.24) is 5.32 Å². The number of benzene rings is 6. The van der Waals surface area contributed by atoms with Crippen LogP contribution in [0.15, 0.2) is 259 Å². The van der Waals surface area contributed by atoms with Crippen LogP contribution in [0.3, 0.4) is 0 Å². The van der Waals surface area contributed by atoms with E-state index in [1.165, 1.54) is 50.1 Å². The van der Waals surface area contributed by atoms with E-state index in [0.717, 1.165) is 71.3 Å². The molecule has 0 radical (unpaired) electrons. The highest BCUT2D eigenvalue weighted by molar-refractivity contribution is 6.12. The van der Waals surface area contributed by atoms with E-state index in [9.17, 15) is 0 Å². The Hall–Kier alpha value is -7.55. The fourth-order valence-electron chi connectivity index (χ4n) is 8.74. The van der Waals surface area contributed by atoms with Crippen molar-refractivity contribution < 1.29 is 0 Å². The van der Waals surface area contributed by atoms with Crippen molar-refractivity contribution in [3.8, 4) is 22.3 Å². The molecule has 1 atom stereocenters. The highest BCUT2D eigenvalue weighted by atomic mass is 15.1. The van der Waals surface area contributed by atoms with E-state index in [0.29, 0.717) is 0 Å². The Bertz CT molecular complexity index is 2860. The van der Waals surface area contributed by atoms with Crippen LogP contribution >= 0.6 is 0 Å². The molecule has 0 amide bonds. The van der Waals surface area contributed by atoms with Gasteiger partial charge in [0.1, 0.15) is 6.17 Å². The molecule has 0 spiro atoms. The molecule has 2 nitrogen and oxygen atoms in total. The Morgan fingerprint density at radius 1 is 0.708 bits per heavy atom. The van der Waals surface area contributed by atoms with Gasteiger partial charge in [-0.05, 0) is 143 Å². The van der Waals surface area contributed by atoms with Gasteiger partial charge in [0.25, 0.3) is 0 Å². The summed E-state index contributed by atoms with van der Waals surface area (Å²) in [6.45, 7) is 8.22. The Morgan fingerprint density at radius 2 is 1.37 bits per heavy atom. The summed E-state index contributed by atoms with van der Waals surface area (Å²) in [5.41, 5.74) is 18.7. The lowest BCUT2D eigenvalue weighted by atomic mass is 9.82. The maximum atomic E-state index is 5.49. The number of nitrogens with one attached hydrogen (secondary N) is 1. The molecule has 0 saturated heterocycles. The SMILES string of the molecule is C=C/C=C(\C)C1=NC(c2cc(C(/C(=C\CC3=CCCC=C3)c3ccccc3)=C(\C/C=C\C=C/C)Cc3ccccc3)cc(-c3ccccc3-c3ccccc3)c2)NC(c2ccccc2)=C1. The minimum Gasteiger partial charge on any atom is -0.360 e. The van der Waals surface area contributed by atoms with Gasteiger partial charge in [-0.25, -0.2) is 0 Å². The van der Waals surface area contributed by atoms with Gasteiger partial charge in [0, 0.05) is 5.70 Å². The molecule has 65 heavy (non-hydrogen) atoms. The molecule has 6 aromatic rings. The molecule has 2 aliphatic rings. The second-order valence-corrected chi connectivity index (χ2v) is 16.6. The summed E-state index contributed by atoms with van der Waals surface area (Å²) in [7, 11) is 0. The van der Waals surface area contributed by atoms with E-state index in [4.69, 9.17) is 4.99 Å². The molecule has 320 valence electrons. The summed E-state index contributed by atoms with van der Waals surface area (Å²) < 4.78 is 0. The first-order valence-corrected chi connectivity index (χ1v) is 22.9. The van der Waals surface area contributed by atoms with E-state index in [-0.39, 0.29) is 6.17 Å². The summed E-state index contributed by atoms with van der Waals surface area (Å²) in [5, 5.41) is 3.91. The molecule has 8 rings (SSSR count). The number of hydrogen-bond donors (Lipinski definition) is 1. The first kappa shape index (κ1) is 44.1. The number of aliphatic imine (C=N–C) groups is 1. The molecule has 1 heterocycles. The number of nitrogens with zero attached hydrogens (tertiary/aromatic N) is 1. The van der Waals surface area contributed by atoms with Crippen molar-refractivity contribution in [3.63, 3.8) is 0 Å². The molecule has 1 aliphatic carbocycles. The molecule has 0 fully saturated rings. The lowest BCUT2D eigenvalue weighted by Crippen LogP contribution is -2.25. The van der Waals surface area contributed by atoms with E-state index >= 15 is 0 Å². The molecule has 1 N–H and O–H groups in total. The predicted molar refractivity (Wildman–Crippen MR) is 280 cm³/mol. The van der Waals surface area contributed by atoms with Crippen LogP contribution in [0.25, 0.3) is 39.1 Å². The Balaban J connectivity index is 1.44. The Kier molecular flexibility index (Phi) is 15.0. The monoisotopic (exact) mass is 842 g/mol. The predicted octanol–water partition coefficient (Wildman–Crippen LogP) is 16.5. The van der Waals surface area contributed by atoms with Gasteiger partial charge in [0.05, 0.1) is 5.71 Å². The van der Waals surface area contributed by atoms with Crippen LogP contribution in [0.1, 0.15) is 73.5 Å². The highest BCUT2D eigenvalue weighted by Crippen LogP contribution is 2.42. The molecular formula is C63H58N2. The van der Waals surface area contributed by atoms with Crippen LogP contribution in [0.5, 0.6) is 0 Å². The number of allylic oxidation sites excluding steroid dienone is 16. The topological polar surface area (TPSA) is 24.4 Å². The maximum absolute atomic E-state index is 5.49. The van der Waals surface area contributed by atoms with Gasteiger partial charge in [-0.2, -0.15) is 0 Å². The fraction of sp³-hybridized carbons (Fsp3) is 0.127. The van der Waals surface area contributed by atoms with Crippen LogP contribution in [-0.4, -0.2) is 5.71 Å². The lowest BCUT2D eigenvalue weighted by Gasteiger charge is -2.27. The average Bonchev–Trinajstić information content (AvgIpc) is 3.37. The molecule has 0 saturated carbocycles. The van der Waals surface area contributed by atoms with Crippen molar-refractivity contribution in [3.05, 3.63) is 282 Å². The molecule has 1 aliphatic heterocycles. The van der Waals surface area contributed by atoms with Crippen LogP contribution in [0.4, 0.5) is 0 Å². The minimum absolute atomic E-state index is 0.379. The summed E-state index contributed by atoms with van der Waals surface area (Å²) >= 11 is 0. The quantitative estimate of drug-likeness (QED) is 0.0965. The largest absolute Gasteiger partial charge is 0.360 e. The summed E-state index contributed by atoms with van der Waals surface area (Å²) in [5.74, 6) is 0. The third-order valence-corrected chi connectivity index (χ3v) is 12.0. The van der Waals surface area contributed by atoms with Gasteiger partial charge in [-0.15, -0.1) is 0 Å². The van der Waals surface area contributed by atoms with Crippen molar-refractivity contribution >= 4 is 22.6 Å². The van der Waals surface area contributed by atoms with Crippen molar-refractivity contribution in [1.29, 1.82) is 0 Å². The molecule has 6 aromatic carbocycles. The van der Waals surface area contributed by atoms with E-state index < -0.39 is 0 Å². The first-order valence-electron chi connectivity index (χ1n) is 22.9. The zero-order valence-corrected chi connectivity index (χ0v) is 37.7. The summed E-state index contributed by atoms with van der Waals surface area (Å²) in [6, 6.07) is 59.3. The zero-order chi connectivity index (χ0) is 44.6.